The molecule has 1 aliphatic carbocycles. The normalized spacial score (nSPS) is 15.4. The van der Waals surface area contributed by atoms with Crippen LogP contribution in [0.15, 0.2) is 54.6 Å². The first-order valence-corrected chi connectivity index (χ1v) is 13.5. The number of aromatic nitrogens is 1. The third kappa shape index (κ3) is 4.40. The lowest BCUT2D eigenvalue weighted by Crippen LogP contribution is -2.28. The molecule has 2 aromatic carbocycles. The molecule has 0 bridgehead atoms. The van der Waals surface area contributed by atoms with E-state index < -0.39 is 0 Å². The zero-order valence-corrected chi connectivity index (χ0v) is 22.3. The smallest absolute Gasteiger partial charge is 0.257 e. The summed E-state index contributed by atoms with van der Waals surface area (Å²) < 4.78 is 0. The standard InChI is InChI=1S/C30H28ClN3OS/c1-4-30(2,3)18-13-14-20-23(17-32)29(36-27(20)15-18)34-28(35)22-16-26(21-10-5-7-11-24(21)31)33-25-12-8-6-9-19(22)25/h5-12,16,18H,4,13-15H2,1-3H3,(H,34,35)/t18-/m1/s1. The Hall–Kier alpha value is -3.20. The Morgan fingerprint density at radius 1 is 1.22 bits per heavy atom. The summed E-state index contributed by atoms with van der Waals surface area (Å²) in [6.07, 6.45) is 4.03. The number of pyridine rings is 1. The molecule has 4 aromatic rings. The van der Waals surface area contributed by atoms with E-state index in [1.165, 1.54) is 4.88 Å². The van der Waals surface area contributed by atoms with E-state index in [1.807, 2.05) is 48.5 Å². The highest BCUT2D eigenvalue weighted by atomic mass is 35.5. The largest absolute Gasteiger partial charge is 0.312 e. The van der Waals surface area contributed by atoms with Crippen molar-refractivity contribution in [3.8, 4) is 17.3 Å². The molecule has 1 aliphatic rings. The number of rotatable bonds is 5. The predicted molar refractivity (Wildman–Crippen MR) is 149 cm³/mol. The molecule has 4 nitrogen and oxygen atoms in total. The summed E-state index contributed by atoms with van der Waals surface area (Å²) in [5.41, 5.74) is 4.61. The van der Waals surface area contributed by atoms with Crippen LogP contribution < -0.4 is 5.32 Å². The fraction of sp³-hybridized carbons (Fsp3) is 0.300. The van der Waals surface area contributed by atoms with Crippen molar-refractivity contribution in [3.63, 3.8) is 0 Å². The molecule has 0 radical (unpaired) electrons. The highest BCUT2D eigenvalue weighted by molar-refractivity contribution is 7.16. The Kier molecular flexibility index (Phi) is 6.59. The second-order valence-corrected chi connectivity index (χ2v) is 11.6. The van der Waals surface area contributed by atoms with Crippen LogP contribution in [0.5, 0.6) is 0 Å². The summed E-state index contributed by atoms with van der Waals surface area (Å²) in [5.74, 6) is 0.327. The average Bonchev–Trinajstić information content (AvgIpc) is 3.24. The van der Waals surface area contributed by atoms with E-state index in [0.717, 1.165) is 47.7 Å². The topological polar surface area (TPSA) is 65.8 Å². The molecule has 0 saturated heterocycles. The van der Waals surface area contributed by atoms with Crippen LogP contribution in [0.25, 0.3) is 22.2 Å². The minimum Gasteiger partial charge on any atom is -0.312 e. The van der Waals surface area contributed by atoms with Crippen molar-refractivity contribution >= 4 is 44.7 Å². The number of benzene rings is 2. The number of carbonyl (C=O) groups excluding carboxylic acids is 1. The molecule has 182 valence electrons. The SMILES string of the molecule is CCC(C)(C)[C@@H]1CCc2c(sc(NC(=O)c3cc(-c4ccccc4Cl)nc4ccccc34)c2C#N)C1. The van der Waals surface area contributed by atoms with E-state index in [1.54, 1.807) is 17.4 Å². The molecule has 0 unspecified atom stereocenters. The molecule has 2 heterocycles. The van der Waals surface area contributed by atoms with Gasteiger partial charge in [-0.05, 0) is 54.4 Å². The zero-order chi connectivity index (χ0) is 25.4. The minimum absolute atomic E-state index is 0.248. The maximum absolute atomic E-state index is 13.7. The van der Waals surface area contributed by atoms with Gasteiger partial charge in [-0.3, -0.25) is 4.79 Å². The van der Waals surface area contributed by atoms with Gasteiger partial charge in [-0.2, -0.15) is 5.26 Å². The number of hydrogen-bond donors (Lipinski definition) is 1. The van der Waals surface area contributed by atoms with Gasteiger partial charge in [0, 0.05) is 20.8 Å². The lowest BCUT2D eigenvalue weighted by molar-refractivity contribution is 0.102. The van der Waals surface area contributed by atoms with Gasteiger partial charge in [-0.1, -0.05) is 75.2 Å². The van der Waals surface area contributed by atoms with Crippen LogP contribution in [0.2, 0.25) is 5.02 Å². The number of nitrogens with zero attached hydrogens (tertiary/aromatic N) is 2. The van der Waals surface area contributed by atoms with Crippen molar-refractivity contribution < 1.29 is 4.79 Å². The Morgan fingerprint density at radius 3 is 2.72 bits per heavy atom. The van der Waals surface area contributed by atoms with Gasteiger partial charge in [0.2, 0.25) is 0 Å². The number of carbonyl (C=O) groups is 1. The number of thiophene rings is 1. The molecule has 0 fully saturated rings. The first kappa shape index (κ1) is 24.5. The van der Waals surface area contributed by atoms with Gasteiger partial charge in [-0.15, -0.1) is 11.3 Å². The summed E-state index contributed by atoms with van der Waals surface area (Å²) in [7, 11) is 0. The monoisotopic (exact) mass is 513 g/mol. The minimum atomic E-state index is -0.248. The summed E-state index contributed by atoms with van der Waals surface area (Å²) in [4.78, 5) is 19.7. The number of nitriles is 1. The lowest BCUT2D eigenvalue weighted by Gasteiger charge is -2.36. The molecular formula is C30H28ClN3OS. The van der Waals surface area contributed by atoms with Crippen molar-refractivity contribution in [2.24, 2.45) is 11.3 Å². The van der Waals surface area contributed by atoms with Crippen molar-refractivity contribution in [2.75, 3.05) is 5.32 Å². The van der Waals surface area contributed by atoms with Crippen LogP contribution in [-0.4, -0.2) is 10.9 Å². The Balaban J connectivity index is 1.53. The molecule has 36 heavy (non-hydrogen) atoms. The highest BCUT2D eigenvalue weighted by Gasteiger charge is 2.34. The Morgan fingerprint density at radius 2 is 1.97 bits per heavy atom. The molecule has 0 spiro atoms. The van der Waals surface area contributed by atoms with Gasteiger partial charge >= 0.3 is 0 Å². The van der Waals surface area contributed by atoms with E-state index in [-0.39, 0.29) is 11.3 Å². The maximum atomic E-state index is 13.7. The molecule has 5 rings (SSSR count). The second-order valence-electron chi connectivity index (χ2n) is 10.1. The van der Waals surface area contributed by atoms with Crippen molar-refractivity contribution in [1.29, 1.82) is 5.26 Å². The zero-order valence-electron chi connectivity index (χ0n) is 20.7. The third-order valence-electron chi connectivity index (χ3n) is 7.73. The molecule has 1 atom stereocenters. The van der Waals surface area contributed by atoms with Gasteiger partial charge in [0.25, 0.3) is 5.91 Å². The summed E-state index contributed by atoms with van der Waals surface area (Å²) in [6, 6.07) is 19.3. The number of nitrogens with one attached hydrogen (secondary N) is 1. The first-order chi connectivity index (χ1) is 17.3. The number of halogens is 1. The van der Waals surface area contributed by atoms with Crippen molar-refractivity contribution in [3.05, 3.63) is 81.2 Å². The van der Waals surface area contributed by atoms with Crippen LogP contribution in [0.3, 0.4) is 0 Å². The Bertz CT molecular complexity index is 1510. The van der Waals surface area contributed by atoms with Gasteiger partial charge in [0.1, 0.15) is 11.1 Å². The van der Waals surface area contributed by atoms with Crippen molar-refractivity contribution in [2.45, 2.75) is 46.5 Å². The molecule has 2 aromatic heterocycles. The fourth-order valence-corrected chi connectivity index (χ4v) is 6.59. The Labute approximate surface area is 221 Å². The van der Waals surface area contributed by atoms with E-state index in [4.69, 9.17) is 16.6 Å². The molecule has 1 N–H and O–H groups in total. The maximum Gasteiger partial charge on any atom is 0.257 e. The third-order valence-corrected chi connectivity index (χ3v) is 9.23. The van der Waals surface area contributed by atoms with E-state index in [2.05, 4.69) is 32.2 Å². The number of fused-ring (bicyclic) bond motifs is 2. The predicted octanol–water partition coefficient (Wildman–Crippen LogP) is 8.28. The van der Waals surface area contributed by atoms with E-state index in [9.17, 15) is 10.1 Å². The number of para-hydroxylation sites is 1. The average molecular weight is 514 g/mol. The van der Waals surface area contributed by atoms with Gasteiger partial charge in [0.15, 0.2) is 0 Å². The second kappa shape index (κ2) is 9.69. The molecular weight excluding hydrogens is 486 g/mol. The van der Waals surface area contributed by atoms with Gasteiger partial charge in [-0.25, -0.2) is 4.98 Å². The first-order valence-electron chi connectivity index (χ1n) is 12.3. The van der Waals surface area contributed by atoms with E-state index >= 15 is 0 Å². The molecule has 0 saturated carbocycles. The quantitative estimate of drug-likeness (QED) is 0.292. The molecule has 1 amide bonds. The van der Waals surface area contributed by atoms with Crippen LogP contribution in [0, 0.1) is 22.7 Å². The fourth-order valence-electron chi connectivity index (χ4n) is 5.09. The highest BCUT2D eigenvalue weighted by Crippen LogP contribution is 2.45. The van der Waals surface area contributed by atoms with E-state index in [0.29, 0.717) is 32.8 Å². The summed E-state index contributed by atoms with van der Waals surface area (Å²) in [6.45, 7) is 6.90. The number of anilines is 1. The van der Waals surface area contributed by atoms with Gasteiger partial charge < -0.3 is 5.32 Å². The summed E-state index contributed by atoms with van der Waals surface area (Å²) in [5, 5.41) is 15.1. The van der Waals surface area contributed by atoms with Crippen LogP contribution >= 0.6 is 22.9 Å². The molecule has 0 aliphatic heterocycles. The number of amides is 1. The lowest BCUT2D eigenvalue weighted by atomic mass is 9.69. The summed E-state index contributed by atoms with van der Waals surface area (Å²) >= 11 is 8.01. The van der Waals surface area contributed by atoms with Crippen molar-refractivity contribution in [1.82, 2.24) is 4.98 Å². The number of hydrogen-bond acceptors (Lipinski definition) is 4. The van der Waals surface area contributed by atoms with Gasteiger partial charge in [0.05, 0.1) is 22.3 Å². The molecule has 6 heteroatoms. The van der Waals surface area contributed by atoms with Crippen LogP contribution in [0.1, 0.15) is 60.0 Å². The van der Waals surface area contributed by atoms with Crippen LogP contribution in [-0.2, 0) is 12.8 Å². The van der Waals surface area contributed by atoms with Crippen LogP contribution in [0.4, 0.5) is 5.00 Å².